The molecule has 0 aromatic rings. The van der Waals surface area contributed by atoms with E-state index in [0.29, 0.717) is 32.6 Å². The van der Waals surface area contributed by atoms with E-state index in [1.54, 1.807) is 6.07 Å². The molecule has 0 saturated carbocycles. The lowest BCUT2D eigenvalue weighted by Crippen LogP contribution is -2.04. The number of aliphatic hydroxyl groups excluding tert-OH is 1. The molecule has 0 rings (SSSR count). The molecule has 0 radical (unpaired) electrons. The number of unbranched alkanes of at least 4 members (excludes halogenated alkanes) is 3. The highest BCUT2D eigenvalue weighted by Gasteiger charge is 1.86. The molecule has 0 heterocycles. The molecule has 166 valence electrons. The number of allylic oxidation sites excluding steroid dienone is 1. The maximum Gasteiger partial charge on any atom is 0.0905 e. The van der Waals surface area contributed by atoms with E-state index in [0.717, 1.165) is 51.7 Å². The van der Waals surface area contributed by atoms with E-state index >= 15 is 0 Å². The SMILES string of the molecule is C#CCCCO.C#CCCCOCCC#N.C#CCCCOCCCN.C=CC#N. The summed E-state index contributed by atoms with van der Waals surface area (Å²) in [4.78, 5) is 0. The molecule has 0 aromatic heterocycles. The largest absolute Gasteiger partial charge is 0.396 e. The Labute approximate surface area is 184 Å². The summed E-state index contributed by atoms with van der Waals surface area (Å²) in [6.07, 6.45) is 22.3. The van der Waals surface area contributed by atoms with Gasteiger partial charge in [0.25, 0.3) is 0 Å². The summed E-state index contributed by atoms with van der Waals surface area (Å²) in [7, 11) is 0. The molecule has 6 nitrogen and oxygen atoms in total. The first-order valence-electron chi connectivity index (χ1n) is 9.80. The van der Waals surface area contributed by atoms with E-state index in [1.165, 1.54) is 6.08 Å². The van der Waals surface area contributed by atoms with Crippen molar-refractivity contribution in [2.45, 2.75) is 51.4 Å². The third-order valence-corrected chi connectivity index (χ3v) is 2.64. The van der Waals surface area contributed by atoms with E-state index in [1.807, 2.05) is 6.07 Å². The second kappa shape index (κ2) is 45.2. The first-order chi connectivity index (χ1) is 14.7. The smallest absolute Gasteiger partial charge is 0.0905 e. The summed E-state index contributed by atoms with van der Waals surface area (Å²) >= 11 is 0. The van der Waals surface area contributed by atoms with Gasteiger partial charge in [-0.3, -0.25) is 0 Å². The maximum absolute atomic E-state index is 8.11. The predicted molar refractivity (Wildman–Crippen MR) is 123 cm³/mol. The van der Waals surface area contributed by atoms with E-state index in [4.69, 9.17) is 50.1 Å². The van der Waals surface area contributed by atoms with Crippen molar-refractivity contribution in [1.82, 2.24) is 0 Å². The maximum atomic E-state index is 8.11. The van der Waals surface area contributed by atoms with Gasteiger partial charge in [0, 0.05) is 51.8 Å². The average Bonchev–Trinajstić information content (AvgIpc) is 2.78. The zero-order valence-corrected chi connectivity index (χ0v) is 18.2. The molecule has 30 heavy (non-hydrogen) atoms. The van der Waals surface area contributed by atoms with Gasteiger partial charge in [0.1, 0.15) is 0 Å². The topological polar surface area (TPSA) is 112 Å². The minimum absolute atomic E-state index is 0.212. The second-order valence-electron chi connectivity index (χ2n) is 5.25. The number of hydrogen-bond donors (Lipinski definition) is 2. The summed E-state index contributed by atoms with van der Waals surface area (Å²) in [6.45, 7) is 6.77. The van der Waals surface area contributed by atoms with Gasteiger partial charge in [-0.15, -0.1) is 37.0 Å². The molecule has 0 unspecified atom stereocenters. The van der Waals surface area contributed by atoms with Crippen molar-refractivity contribution >= 4 is 0 Å². The summed E-state index contributed by atoms with van der Waals surface area (Å²) in [5.41, 5.74) is 5.26. The number of terminal acetylenes is 3. The Kier molecular flexibility index (Phi) is 52.3. The number of ether oxygens (including phenoxy) is 2. The van der Waals surface area contributed by atoms with Crippen LogP contribution in [-0.4, -0.2) is 44.7 Å². The normalized spacial score (nSPS) is 7.77. The lowest BCUT2D eigenvalue weighted by molar-refractivity contribution is 0.132. The minimum atomic E-state index is 0.212. The van der Waals surface area contributed by atoms with Crippen LogP contribution in [0.2, 0.25) is 0 Å². The molecule has 0 atom stereocenters. The summed E-state index contributed by atoms with van der Waals surface area (Å²) in [5, 5.41) is 23.7. The lowest BCUT2D eigenvalue weighted by Gasteiger charge is -1.99. The van der Waals surface area contributed by atoms with E-state index < -0.39 is 0 Å². The van der Waals surface area contributed by atoms with Crippen LogP contribution in [0, 0.1) is 59.7 Å². The second-order valence-corrected chi connectivity index (χ2v) is 5.25. The Morgan fingerprint density at radius 3 is 1.57 bits per heavy atom. The fourth-order valence-electron chi connectivity index (χ4n) is 1.24. The van der Waals surface area contributed by atoms with Crippen molar-refractivity contribution < 1.29 is 14.6 Å². The summed E-state index contributed by atoms with van der Waals surface area (Å²) in [6, 6.07) is 3.69. The molecule has 0 aromatic carbocycles. The first kappa shape index (κ1) is 34.7. The fourth-order valence-corrected chi connectivity index (χ4v) is 1.24. The van der Waals surface area contributed by atoms with Gasteiger partial charge in [-0.05, 0) is 32.2 Å². The van der Waals surface area contributed by atoms with Crippen LogP contribution in [0.15, 0.2) is 12.7 Å². The van der Waals surface area contributed by atoms with Crippen LogP contribution in [0.4, 0.5) is 0 Å². The number of hydrogen-bond acceptors (Lipinski definition) is 6. The molecule has 3 N–H and O–H groups in total. The van der Waals surface area contributed by atoms with Gasteiger partial charge in [-0.25, -0.2) is 0 Å². The van der Waals surface area contributed by atoms with Gasteiger partial charge < -0.3 is 20.3 Å². The lowest BCUT2D eigenvalue weighted by atomic mass is 10.3. The summed E-state index contributed by atoms with van der Waals surface area (Å²) in [5.74, 6) is 7.48. The number of nitrogens with zero attached hydrogens (tertiary/aromatic N) is 2. The molecular formula is C24H37N3O3. The van der Waals surface area contributed by atoms with Gasteiger partial charge in [-0.1, -0.05) is 6.58 Å². The number of nitrogens with two attached hydrogens (primary N) is 1. The van der Waals surface area contributed by atoms with E-state index in [2.05, 4.69) is 24.3 Å². The van der Waals surface area contributed by atoms with Crippen LogP contribution in [-0.2, 0) is 9.47 Å². The van der Waals surface area contributed by atoms with Crippen LogP contribution in [0.1, 0.15) is 51.4 Å². The highest BCUT2D eigenvalue weighted by Crippen LogP contribution is 1.89. The van der Waals surface area contributed by atoms with Crippen LogP contribution in [0.5, 0.6) is 0 Å². The number of rotatable bonds is 13. The summed E-state index contributed by atoms with van der Waals surface area (Å²) < 4.78 is 10.3. The quantitative estimate of drug-likeness (QED) is 0.271. The Balaban J connectivity index is -0.000000159. The van der Waals surface area contributed by atoms with Gasteiger partial charge in [0.05, 0.1) is 25.2 Å². The van der Waals surface area contributed by atoms with Gasteiger partial charge in [0.2, 0.25) is 0 Å². The monoisotopic (exact) mass is 415 g/mol. The van der Waals surface area contributed by atoms with Crippen molar-refractivity contribution in [1.29, 1.82) is 10.5 Å². The number of nitriles is 2. The average molecular weight is 416 g/mol. The molecule has 0 bridgehead atoms. The molecule has 6 heteroatoms. The highest BCUT2D eigenvalue weighted by molar-refractivity contribution is 4.93. The van der Waals surface area contributed by atoms with Crippen LogP contribution in [0.3, 0.4) is 0 Å². The molecule has 0 aliphatic rings. The van der Waals surface area contributed by atoms with E-state index in [9.17, 15) is 0 Å². The Morgan fingerprint density at radius 1 is 0.800 bits per heavy atom. The van der Waals surface area contributed by atoms with Crippen LogP contribution in [0.25, 0.3) is 0 Å². The minimum Gasteiger partial charge on any atom is -0.396 e. The molecule has 0 fully saturated rings. The van der Waals surface area contributed by atoms with Crippen molar-refractivity contribution in [3.05, 3.63) is 12.7 Å². The first-order valence-corrected chi connectivity index (χ1v) is 9.80. The standard InChI is InChI=1S/C8H15NO.C8H11NO.C5H8O.C3H3N/c2*1-2-3-4-7-10-8-5-6-9;1-2-3-4-5-6;1-2-3-4/h1H,3-9H2;1H,3-5,7-8H2;1,6H,3-5H2;2H,1H2. The molecular weight excluding hydrogens is 378 g/mol. The van der Waals surface area contributed by atoms with Crippen molar-refractivity contribution in [3.63, 3.8) is 0 Å². The Bertz CT molecular complexity index is 510. The fraction of sp³-hybridized carbons (Fsp3) is 0.583. The molecule has 0 spiro atoms. The van der Waals surface area contributed by atoms with Gasteiger partial charge in [0.15, 0.2) is 0 Å². The van der Waals surface area contributed by atoms with Crippen LogP contribution < -0.4 is 5.73 Å². The van der Waals surface area contributed by atoms with Crippen molar-refractivity contribution in [2.75, 3.05) is 39.6 Å². The molecule has 0 aliphatic carbocycles. The Morgan fingerprint density at radius 2 is 1.23 bits per heavy atom. The van der Waals surface area contributed by atoms with E-state index in [-0.39, 0.29) is 6.61 Å². The molecule has 0 saturated heterocycles. The number of aliphatic hydroxyl groups is 1. The predicted octanol–water partition coefficient (Wildman–Crippen LogP) is 3.18. The zero-order valence-electron chi connectivity index (χ0n) is 18.2. The van der Waals surface area contributed by atoms with Crippen molar-refractivity contribution in [2.24, 2.45) is 5.73 Å². The Hall–Kier alpha value is -2.76. The molecule has 0 aliphatic heterocycles. The third kappa shape index (κ3) is 63.9. The highest BCUT2D eigenvalue weighted by atomic mass is 16.5. The van der Waals surface area contributed by atoms with Gasteiger partial charge >= 0.3 is 0 Å². The molecule has 0 amide bonds. The van der Waals surface area contributed by atoms with Gasteiger partial charge in [-0.2, -0.15) is 10.5 Å². The zero-order chi connectivity index (χ0) is 23.6. The third-order valence-electron chi connectivity index (χ3n) is 2.64. The van der Waals surface area contributed by atoms with Crippen LogP contribution >= 0.6 is 0 Å². The van der Waals surface area contributed by atoms with Crippen molar-refractivity contribution in [3.8, 4) is 49.2 Å².